The smallest absolute Gasteiger partial charge is 0.410 e. The predicted molar refractivity (Wildman–Crippen MR) is 120 cm³/mol. The van der Waals surface area contributed by atoms with Crippen LogP contribution < -0.4 is 0 Å². The van der Waals surface area contributed by atoms with Gasteiger partial charge in [-0.2, -0.15) is 0 Å². The summed E-state index contributed by atoms with van der Waals surface area (Å²) in [4.78, 5) is 30.0. The maximum Gasteiger partial charge on any atom is 0.410 e. The van der Waals surface area contributed by atoms with Gasteiger partial charge in [-0.15, -0.1) is 6.58 Å². The highest BCUT2D eigenvalue weighted by Gasteiger charge is 2.68. The average molecular weight is 453 g/mol. The molecule has 0 bridgehead atoms. The van der Waals surface area contributed by atoms with Gasteiger partial charge < -0.3 is 23.8 Å². The number of nitrogens with zero attached hydrogens (tertiary/aromatic N) is 2. The van der Waals surface area contributed by atoms with Crippen molar-refractivity contribution in [3.8, 4) is 0 Å². The Morgan fingerprint density at radius 1 is 1.19 bits per heavy atom. The Bertz CT molecular complexity index is 716. The fourth-order valence-corrected chi connectivity index (χ4v) is 6.27. The van der Waals surface area contributed by atoms with Crippen molar-refractivity contribution in [1.29, 1.82) is 0 Å². The van der Waals surface area contributed by atoms with Gasteiger partial charge >= 0.3 is 12.1 Å². The number of methoxy groups -OCH3 is 2. The van der Waals surface area contributed by atoms with E-state index in [0.29, 0.717) is 38.6 Å². The minimum atomic E-state index is -0.877. The molecular weight excluding hydrogens is 412 g/mol. The minimum absolute atomic E-state index is 0.221. The van der Waals surface area contributed by atoms with Gasteiger partial charge in [-0.3, -0.25) is 9.69 Å². The number of piperidine rings is 1. The molecule has 8 nitrogen and oxygen atoms in total. The Hall–Kier alpha value is -1.64. The summed E-state index contributed by atoms with van der Waals surface area (Å²) in [6.45, 7) is 13.3. The fourth-order valence-electron chi connectivity index (χ4n) is 6.27. The van der Waals surface area contributed by atoms with Crippen LogP contribution in [0.2, 0.25) is 0 Å². The molecule has 0 aromatic rings. The summed E-state index contributed by atoms with van der Waals surface area (Å²) in [7, 11) is 3.32. The second kappa shape index (κ2) is 9.31. The third-order valence-corrected chi connectivity index (χ3v) is 7.39. The minimum Gasteiger partial charge on any atom is -0.465 e. The van der Waals surface area contributed by atoms with E-state index < -0.39 is 17.4 Å². The van der Waals surface area contributed by atoms with Crippen LogP contribution in [0.1, 0.15) is 53.4 Å². The molecule has 1 aliphatic carbocycles. The van der Waals surface area contributed by atoms with Gasteiger partial charge in [0.15, 0.2) is 5.79 Å². The van der Waals surface area contributed by atoms with Gasteiger partial charge in [-0.05, 0) is 52.9 Å². The molecule has 1 saturated carbocycles. The van der Waals surface area contributed by atoms with Gasteiger partial charge in [0.05, 0.1) is 12.6 Å². The Morgan fingerprint density at radius 2 is 1.88 bits per heavy atom. The van der Waals surface area contributed by atoms with Crippen LogP contribution in [0.4, 0.5) is 4.79 Å². The largest absolute Gasteiger partial charge is 0.465 e. The number of rotatable bonds is 6. The maximum atomic E-state index is 13.1. The molecule has 0 aromatic heterocycles. The lowest BCUT2D eigenvalue weighted by Crippen LogP contribution is -2.68. The molecule has 32 heavy (non-hydrogen) atoms. The Morgan fingerprint density at radius 3 is 2.44 bits per heavy atom. The van der Waals surface area contributed by atoms with E-state index in [2.05, 4.69) is 11.5 Å². The lowest BCUT2D eigenvalue weighted by Gasteiger charge is -2.58. The van der Waals surface area contributed by atoms with E-state index in [1.807, 2.05) is 27.7 Å². The van der Waals surface area contributed by atoms with Crippen molar-refractivity contribution >= 4 is 12.1 Å². The number of hydrogen-bond donors (Lipinski definition) is 0. The van der Waals surface area contributed by atoms with Gasteiger partial charge in [0.25, 0.3) is 0 Å². The molecule has 3 fully saturated rings. The average Bonchev–Trinajstić information content (AvgIpc) is 3.06. The zero-order chi connectivity index (χ0) is 23.7. The summed E-state index contributed by atoms with van der Waals surface area (Å²) in [5.41, 5.74) is -0.946. The van der Waals surface area contributed by atoms with Crippen LogP contribution >= 0.6 is 0 Å². The van der Waals surface area contributed by atoms with E-state index in [-0.39, 0.29) is 23.5 Å². The van der Waals surface area contributed by atoms with Gasteiger partial charge in [0.2, 0.25) is 0 Å². The molecule has 0 radical (unpaired) electrons. The van der Waals surface area contributed by atoms with Crippen LogP contribution in [0, 0.1) is 11.3 Å². The number of likely N-dealkylation sites (tertiary alicyclic amines) is 2. The van der Waals surface area contributed by atoms with Crippen LogP contribution in [-0.4, -0.2) is 85.8 Å². The van der Waals surface area contributed by atoms with Crippen molar-refractivity contribution in [2.45, 2.75) is 76.9 Å². The Kier molecular flexibility index (Phi) is 7.27. The van der Waals surface area contributed by atoms with Crippen molar-refractivity contribution < 1.29 is 28.5 Å². The SMILES string of the molecule is C=CCN1[C@H](C(=O)OCC)C[C@]23CN(C(=O)OC(C)(C)C)CC[C@H]2CCC(OC)(OC)[C@H]13. The zero-order valence-electron chi connectivity index (χ0n) is 20.5. The molecule has 2 saturated heterocycles. The van der Waals surface area contributed by atoms with Crippen molar-refractivity contribution in [2.75, 3.05) is 40.5 Å². The zero-order valence-corrected chi connectivity index (χ0v) is 20.5. The number of hydrogen-bond acceptors (Lipinski definition) is 7. The first-order valence-electron chi connectivity index (χ1n) is 11.7. The molecule has 0 N–H and O–H groups in total. The molecule has 3 rings (SSSR count). The topological polar surface area (TPSA) is 77.5 Å². The van der Waals surface area contributed by atoms with E-state index in [0.717, 1.165) is 19.3 Å². The molecule has 1 amide bonds. The summed E-state index contributed by atoms with van der Waals surface area (Å²) >= 11 is 0. The standard InChI is InChI=1S/C24H40N2O6/c1-8-13-26-18(19(27)31-9-2)15-23-16-25(21(28)32-22(3,4)5)14-11-17(23)10-12-24(29-6,30-7)20(23)26/h8,17-18,20H,1,9-16H2,2-7H3/t17-,18+,20-,23+/m1/s1. The van der Waals surface area contributed by atoms with Crippen molar-refractivity contribution in [1.82, 2.24) is 9.80 Å². The lowest BCUT2D eigenvalue weighted by molar-refractivity contribution is -0.285. The first-order valence-corrected chi connectivity index (χ1v) is 11.7. The molecule has 4 atom stereocenters. The second-order valence-corrected chi connectivity index (χ2v) is 10.2. The first-order chi connectivity index (χ1) is 15.1. The molecular formula is C24H40N2O6. The number of amides is 1. The lowest BCUT2D eigenvalue weighted by atomic mass is 9.58. The van der Waals surface area contributed by atoms with Crippen LogP contribution in [-0.2, 0) is 23.7 Å². The third kappa shape index (κ3) is 4.29. The molecule has 8 heteroatoms. The Balaban J connectivity index is 2.05. The number of esters is 1. The van der Waals surface area contributed by atoms with E-state index in [1.165, 1.54) is 0 Å². The molecule has 182 valence electrons. The van der Waals surface area contributed by atoms with E-state index in [9.17, 15) is 9.59 Å². The van der Waals surface area contributed by atoms with E-state index in [1.54, 1.807) is 25.2 Å². The second-order valence-electron chi connectivity index (χ2n) is 10.2. The predicted octanol–water partition coefficient (Wildman–Crippen LogP) is 3.20. The van der Waals surface area contributed by atoms with E-state index >= 15 is 0 Å². The first kappa shape index (κ1) is 25.0. The normalized spacial score (nSPS) is 32.1. The monoisotopic (exact) mass is 452 g/mol. The van der Waals surface area contributed by atoms with Crippen LogP contribution in [0.15, 0.2) is 12.7 Å². The quantitative estimate of drug-likeness (QED) is 0.348. The van der Waals surface area contributed by atoms with Crippen molar-refractivity contribution in [3.05, 3.63) is 12.7 Å². The van der Waals surface area contributed by atoms with Gasteiger partial charge in [-0.1, -0.05) is 6.08 Å². The summed E-state index contributed by atoms with van der Waals surface area (Å²) in [6.07, 6.45) is 4.58. The molecule has 2 heterocycles. The highest BCUT2D eigenvalue weighted by Crippen LogP contribution is 2.59. The van der Waals surface area contributed by atoms with Gasteiger partial charge in [0.1, 0.15) is 11.6 Å². The molecule has 1 spiro atoms. The number of carbonyl (C=O) groups is 2. The van der Waals surface area contributed by atoms with Crippen LogP contribution in [0.5, 0.6) is 0 Å². The summed E-state index contributed by atoms with van der Waals surface area (Å²) in [5.74, 6) is -0.777. The van der Waals surface area contributed by atoms with E-state index in [4.69, 9.17) is 18.9 Å². The fraction of sp³-hybridized carbons (Fsp3) is 0.833. The third-order valence-electron chi connectivity index (χ3n) is 7.39. The number of carbonyl (C=O) groups excluding carboxylic acids is 2. The summed E-state index contributed by atoms with van der Waals surface area (Å²) < 4.78 is 23.2. The highest BCUT2D eigenvalue weighted by molar-refractivity contribution is 5.77. The number of ether oxygens (including phenoxy) is 4. The van der Waals surface area contributed by atoms with Crippen molar-refractivity contribution in [3.63, 3.8) is 0 Å². The van der Waals surface area contributed by atoms with Crippen LogP contribution in [0.3, 0.4) is 0 Å². The summed E-state index contributed by atoms with van der Waals surface area (Å²) in [6, 6.07) is -0.664. The van der Waals surface area contributed by atoms with Gasteiger partial charge in [0, 0.05) is 45.7 Å². The molecule has 2 aliphatic heterocycles. The molecule has 0 unspecified atom stereocenters. The Labute approximate surface area is 192 Å². The highest BCUT2D eigenvalue weighted by atomic mass is 16.7. The summed E-state index contributed by atoms with van der Waals surface area (Å²) in [5, 5.41) is 0. The molecule has 3 aliphatic rings. The van der Waals surface area contributed by atoms with Gasteiger partial charge in [-0.25, -0.2) is 4.79 Å². The molecule has 0 aromatic carbocycles. The van der Waals surface area contributed by atoms with Crippen LogP contribution in [0.25, 0.3) is 0 Å². The maximum absolute atomic E-state index is 13.1. The van der Waals surface area contributed by atoms with Crippen molar-refractivity contribution in [2.24, 2.45) is 11.3 Å².